The first kappa shape index (κ1) is 109. The quantitative estimate of drug-likeness (QED) is 0.0115. The van der Waals surface area contributed by atoms with Crippen LogP contribution in [0.2, 0.25) is 0 Å². The Balaban J connectivity index is 0.000000343. The molecule has 0 unspecified atom stereocenters. The van der Waals surface area contributed by atoms with Crippen molar-refractivity contribution in [1.82, 2.24) is 0 Å². The molecule has 0 amide bonds. The maximum atomic E-state index is 13.1. The van der Waals surface area contributed by atoms with Crippen LogP contribution in [0.1, 0.15) is 404 Å². The predicted molar refractivity (Wildman–Crippen MR) is 508 cm³/mol. The fourth-order valence-corrected chi connectivity index (χ4v) is 15.6. The number of ether oxygens (including phenoxy) is 12. The van der Waals surface area contributed by atoms with Crippen LogP contribution in [0.15, 0.2) is 127 Å². The van der Waals surface area contributed by atoms with Gasteiger partial charge in [-0.2, -0.15) is 0 Å². The zero-order chi connectivity index (χ0) is 92.1. The van der Waals surface area contributed by atoms with Crippen LogP contribution in [0.4, 0.5) is 0 Å². The topological polar surface area (TPSA) is 247 Å². The number of hydrogen-bond acceptors (Lipinski definition) is 20. The van der Waals surface area contributed by atoms with Gasteiger partial charge < -0.3 is 56.8 Å². The Labute approximate surface area is 768 Å². The maximum Gasteiger partial charge on any atom is 0.343 e. The van der Waals surface area contributed by atoms with Crippen LogP contribution in [-0.4, -0.2) is 114 Å². The number of esters is 8. The summed E-state index contributed by atoms with van der Waals surface area (Å²) in [5, 5.41) is 0. The molecule has 0 bridgehead atoms. The van der Waals surface area contributed by atoms with Gasteiger partial charge in [0.15, 0.2) is 0 Å². The Hall–Kier alpha value is -9.20. The maximum absolute atomic E-state index is 13.1. The SMILES string of the molecule is C=C(C)C(=O)OCCCCCCOC(=O)c1cc(OCCCCCCCCOC(=O)CC)ccc1OCCCCCCCCOC(=O)CC.CCCCCC1CCC(c2ccc(OC(=O)c3ccc(OCCCCCCCCOC(=O)CC)cc3)cc2)CC1.CCCCCC1CCC(c2ccc(OC(=O)c3ccc(OCCCCCCCOC(=O)CC)cc3)cc2)CC1. The van der Waals surface area contributed by atoms with E-state index in [-0.39, 0.29) is 48.4 Å². The third-order valence-electron chi connectivity index (χ3n) is 23.6. The molecule has 20 nitrogen and oxygen atoms in total. The van der Waals surface area contributed by atoms with Gasteiger partial charge in [-0.25, -0.2) is 19.2 Å². The van der Waals surface area contributed by atoms with Gasteiger partial charge in [-0.05, 0) is 261 Å². The summed E-state index contributed by atoms with van der Waals surface area (Å²) in [5.74, 6) is 4.78. The second-order valence-electron chi connectivity index (χ2n) is 34.3. The molecule has 0 N–H and O–H groups in total. The highest BCUT2D eigenvalue weighted by molar-refractivity contribution is 5.93. The van der Waals surface area contributed by atoms with E-state index in [0.29, 0.717) is 149 Å². The predicted octanol–water partition coefficient (Wildman–Crippen LogP) is 27.3. The minimum atomic E-state index is -0.441. The van der Waals surface area contributed by atoms with Crippen molar-refractivity contribution < 1.29 is 95.2 Å². The number of rotatable bonds is 66. The number of hydrogen-bond donors (Lipinski definition) is 0. The van der Waals surface area contributed by atoms with Crippen molar-refractivity contribution in [2.75, 3.05) is 66.1 Å². The summed E-state index contributed by atoms with van der Waals surface area (Å²) >= 11 is 0. The summed E-state index contributed by atoms with van der Waals surface area (Å²) in [5.41, 5.74) is 4.50. The molecule has 0 radical (unpaired) electrons. The lowest BCUT2D eigenvalue weighted by atomic mass is 9.77. The first-order valence-corrected chi connectivity index (χ1v) is 49.6. The van der Waals surface area contributed by atoms with Crippen molar-refractivity contribution in [2.45, 2.75) is 362 Å². The van der Waals surface area contributed by atoms with E-state index < -0.39 is 5.97 Å². The van der Waals surface area contributed by atoms with Crippen LogP contribution in [0.5, 0.6) is 34.5 Å². The summed E-state index contributed by atoms with van der Waals surface area (Å²) in [6.45, 7) is 22.0. The third kappa shape index (κ3) is 50.7. The zero-order valence-electron chi connectivity index (χ0n) is 79.5. The highest BCUT2D eigenvalue weighted by Gasteiger charge is 2.25. The van der Waals surface area contributed by atoms with Crippen LogP contribution in [0.3, 0.4) is 0 Å². The Morgan fingerprint density at radius 2 is 0.562 bits per heavy atom. The molecular formula is C108H160O20. The Morgan fingerprint density at radius 1 is 0.281 bits per heavy atom. The van der Waals surface area contributed by atoms with Crippen LogP contribution in [-0.2, 0) is 52.4 Å². The average Bonchev–Trinajstić information content (AvgIpc) is 0.863. The van der Waals surface area contributed by atoms with Gasteiger partial charge in [0.25, 0.3) is 0 Å². The average molecular weight is 1780 g/mol. The Kier molecular flexibility index (Phi) is 60.4. The van der Waals surface area contributed by atoms with Crippen LogP contribution in [0, 0.1) is 11.8 Å². The van der Waals surface area contributed by atoms with Crippen LogP contribution in [0.25, 0.3) is 0 Å². The first-order chi connectivity index (χ1) is 62.4. The number of carbonyl (C=O) groups is 8. The van der Waals surface area contributed by atoms with E-state index in [1.807, 2.05) is 61.5 Å². The van der Waals surface area contributed by atoms with Gasteiger partial charge in [-0.3, -0.25) is 19.2 Å². The van der Waals surface area contributed by atoms with Gasteiger partial charge in [0, 0.05) is 31.3 Å². The first-order valence-electron chi connectivity index (χ1n) is 49.6. The molecule has 5 aromatic carbocycles. The fourth-order valence-electron chi connectivity index (χ4n) is 15.6. The summed E-state index contributed by atoms with van der Waals surface area (Å²) in [6, 6.07) is 35.9. The summed E-state index contributed by atoms with van der Waals surface area (Å²) < 4.78 is 66.0. The molecule has 5 aromatic rings. The summed E-state index contributed by atoms with van der Waals surface area (Å²) in [7, 11) is 0. The lowest BCUT2D eigenvalue weighted by Gasteiger charge is -2.29. The van der Waals surface area contributed by atoms with E-state index in [2.05, 4.69) is 44.7 Å². The van der Waals surface area contributed by atoms with E-state index in [1.54, 1.807) is 64.1 Å². The molecule has 0 heterocycles. The normalized spacial score (nSPS) is 14.5. The molecule has 0 spiro atoms. The van der Waals surface area contributed by atoms with E-state index in [1.165, 1.54) is 114 Å². The highest BCUT2D eigenvalue weighted by atomic mass is 16.6. The van der Waals surface area contributed by atoms with Gasteiger partial charge in [-0.15, -0.1) is 0 Å². The minimum absolute atomic E-state index is 0.118. The number of benzene rings is 5. The van der Waals surface area contributed by atoms with Crippen molar-refractivity contribution in [1.29, 1.82) is 0 Å². The van der Waals surface area contributed by atoms with E-state index in [0.717, 1.165) is 190 Å². The molecule has 2 aliphatic rings. The standard InChI is InChI=1S/C39H62O10.C35H50O5.C34H48O5/c1-5-36(40)46-27-19-13-9-7-11-17-25-44-33-23-24-35(45-26-18-12-8-10-14-20-28-47-37(41)6-2)34(31-33)39(43)49-30-22-16-15-21-29-48-38(42)32(3)4;1-3-5-10-13-28-14-16-29(17-15-28)30-18-24-33(25-19-30)40-35(37)31-20-22-32(23-21-31)38-26-11-8-6-7-9-12-27-39-34(36)4-2;1-3-5-9-12-27-13-15-28(16-14-27)29-17-23-32(24-18-29)39-34(36)30-19-21-31(22-20-30)37-25-10-7-6-8-11-26-38-33(35)4-2/h23-24,31H,3,5-22,25-30H2,1-2,4H3;18-25,28-29H,3-17,26-27H2,1-2H3;17-24,27-28H,3-16,25-26H2,1-2H3. The summed E-state index contributed by atoms with van der Waals surface area (Å²) in [4.78, 5) is 94.4. The van der Waals surface area contributed by atoms with E-state index in [9.17, 15) is 38.4 Å². The van der Waals surface area contributed by atoms with Crippen molar-refractivity contribution >= 4 is 47.8 Å². The summed E-state index contributed by atoms with van der Waals surface area (Å²) in [6.07, 6.45) is 49.6. The third-order valence-corrected chi connectivity index (χ3v) is 23.6. The second-order valence-corrected chi connectivity index (χ2v) is 34.3. The van der Waals surface area contributed by atoms with Crippen molar-refractivity contribution in [2.24, 2.45) is 11.8 Å². The molecule has 2 saturated carbocycles. The monoisotopic (exact) mass is 1780 g/mol. The number of carbonyl (C=O) groups excluding carboxylic acids is 8. The van der Waals surface area contributed by atoms with E-state index in [4.69, 9.17) is 56.8 Å². The van der Waals surface area contributed by atoms with Crippen molar-refractivity contribution in [3.63, 3.8) is 0 Å². The lowest BCUT2D eigenvalue weighted by Crippen LogP contribution is -2.13. The zero-order valence-corrected chi connectivity index (χ0v) is 79.5. The van der Waals surface area contributed by atoms with Gasteiger partial charge in [0.1, 0.15) is 40.1 Å². The molecule has 7 rings (SSSR count). The van der Waals surface area contributed by atoms with Gasteiger partial charge in [0.2, 0.25) is 0 Å². The largest absolute Gasteiger partial charge is 0.494 e. The van der Waals surface area contributed by atoms with Gasteiger partial charge >= 0.3 is 47.8 Å². The lowest BCUT2D eigenvalue weighted by molar-refractivity contribution is -0.144. The second kappa shape index (κ2) is 70.7. The molecule has 0 atom stereocenters. The molecule has 20 heteroatoms. The van der Waals surface area contributed by atoms with Gasteiger partial charge in [0.05, 0.1) is 77.2 Å². The Bertz CT molecular complexity index is 3800. The molecule has 2 aliphatic carbocycles. The smallest absolute Gasteiger partial charge is 0.343 e. The molecule has 0 aliphatic heterocycles. The molecule has 128 heavy (non-hydrogen) atoms. The van der Waals surface area contributed by atoms with Crippen molar-refractivity contribution in [3.05, 3.63) is 155 Å². The molecule has 2 fully saturated rings. The van der Waals surface area contributed by atoms with Crippen LogP contribution >= 0.6 is 0 Å². The van der Waals surface area contributed by atoms with Crippen LogP contribution < -0.4 is 28.4 Å². The molecule has 0 aromatic heterocycles. The number of unbranched alkanes of at least 4 members (excludes halogenated alkanes) is 26. The highest BCUT2D eigenvalue weighted by Crippen LogP contribution is 2.40. The minimum Gasteiger partial charge on any atom is -0.494 e. The van der Waals surface area contributed by atoms with Crippen molar-refractivity contribution in [3.8, 4) is 34.5 Å². The van der Waals surface area contributed by atoms with E-state index >= 15 is 0 Å². The molecule has 712 valence electrons. The molecular weight excluding hydrogens is 1620 g/mol. The Morgan fingerprint density at radius 3 is 0.883 bits per heavy atom. The molecule has 0 saturated heterocycles. The van der Waals surface area contributed by atoms with Gasteiger partial charge in [-0.1, -0.05) is 220 Å². The fraction of sp³-hybridized carbons (Fsp3) is 0.630.